The van der Waals surface area contributed by atoms with Crippen LogP contribution in [0.15, 0.2) is 46.9 Å². The van der Waals surface area contributed by atoms with Gasteiger partial charge in [-0.1, -0.05) is 30.3 Å². The Morgan fingerprint density at radius 2 is 1.92 bits per heavy atom. The Morgan fingerprint density at radius 3 is 2.50 bits per heavy atom. The lowest BCUT2D eigenvalue weighted by atomic mass is 10.1. The first-order valence-electron chi connectivity index (χ1n) is 6.60. The summed E-state index contributed by atoms with van der Waals surface area (Å²) in [5.74, 6) is 0. The van der Waals surface area contributed by atoms with Crippen molar-refractivity contribution in [2.45, 2.75) is 12.8 Å². The van der Waals surface area contributed by atoms with E-state index in [0.717, 1.165) is 11.6 Å². The van der Waals surface area contributed by atoms with Gasteiger partial charge in [-0.15, -0.1) is 0 Å². The van der Waals surface area contributed by atoms with Crippen LogP contribution in [0.1, 0.15) is 16.7 Å². The average Bonchev–Trinajstić information content (AvgIpc) is 2.54. The number of nitrogens with one attached hydrogen (secondary N) is 1. The van der Waals surface area contributed by atoms with Crippen LogP contribution in [0.25, 0.3) is 0 Å². The van der Waals surface area contributed by atoms with Crippen LogP contribution in [0, 0.1) is 11.3 Å². The lowest BCUT2D eigenvalue weighted by molar-refractivity contribution is -0.137. The molecular formula is C16H10BrF3N2O2. The van der Waals surface area contributed by atoms with Gasteiger partial charge in [0.25, 0.3) is 0 Å². The second kappa shape index (κ2) is 7.36. The summed E-state index contributed by atoms with van der Waals surface area (Å²) in [6.07, 6.45) is -5.62. The summed E-state index contributed by atoms with van der Waals surface area (Å²) in [6, 6.07) is 12.0. The van der Waals surface area contributed by atoms with E-state index < -0.39 is 23.4 Å². The molecule has 0 unspecified atom stereocenters. The molecule has 8 heteroatoms. The van der Waals surface area contributed by atoms with E-state index in [1.165, 1.54) is 6.07 Å². The smallest absolute Gasteiger partial charge is 0.417 e. The van der Waals surface area contributed by atoms with Gasteiger partial charge < -0.3 is 4.74 Å². The van der Waals surface area contributed by atoms with Crippen LogP contribution in [0.3, 0.4) is 0 Å². The van der Waals surface area contributed by atoms with E-state index in [1.807, 2.05) is 0 Å². The molecule has 0 saturated carbocycles. The van der Waals surface area contributed by atoms with Crippen LogP contribution in [0.2, 0.25) is 0 Å². The van der Waals surface area contributed by atoms with Crippen LogP contribution >= 0.6 is 15.9 Å². The zero-order valence-electron chi connectivity index (χ0n) is 12.0. The van der Waals surface area contributed by atoms with E-state index in [2.05, 4.69) is 21.2 Å². The van der Waals surface area contributed by atoms with Crippen molar-refractivity contribution in [3.8, 4) is 6.07 Å². The Kier molecular flexibility index (Phi) is 5.46. The Bertz CT molecular complexity index is 786. The maximum Gasteiger partial charge on any atom is 0.417 e. The topological polar surface area (TPSA) is 62.1 Å². The molecule has 2 aromatic carbocycles. The highest BCUT2D eigenvalue weighted by Gasteiger charge is 2.34. The van der Waals surface area contributed by atoms with Crippen molar-refractivity contribution in [2.24, 2.45) is 0 Å². The molecule has 0 fully saturated rings. The molecule has 4 nitrogen and oxygen atoms in total. The van der Waals surface area contributed by atoms with E-state index in [1.54, 1.807) is 30.3 Å². The number of halogens is 4. The molecule has 2 rings (SSSR count). The molecule has 0 bridgehead atoms. The van der Waals surface area contributed by atoms with Crippen LogP contribution < -0.4 is 5.32 Å². The summed E-state index contributed by atoms with van der Waals surface area (Å²) >= 11 is 3.02. The van der Waals surface area contributed by atoms with Gasteiger partial charge in [-0.2, -0.15) is 18.4 Å². The first kappa shape index (κ1) is 17.8. The van der Waals surface area contributed by atoms with E-state index >= 15 is 0 Å². The van der Waals surface area contributed by atoms with Crippen molar-refractivity contribution in [3.63, 3.8) is 0 Å². The van der Waals surface area contributed by atoms with Gasteiger partial charge in [0.05, 0.1) is 22.9 Å². The van der Waals surface area contributed by atoms with E-state index in [-0.39, 0.29) is 16.8 Å². The third kappa shape index (κ3) is 4.49. The van der Waals surface area contributed by atoms with Gasteiger partial charge in [-0.25, -0.2) is 4.79 Å². The molecule has 1 amide bonds. The summed E-state index contributed by atoms with van der Waals surface area (Å²) in [4.78, 5) is 11.8. The fraction of sp³-hybridized carbons (Fsp3) is 0.125. The number of rotatable bonds is 3. The molecule has 0 atom stereocenters. The van der Waals surface area contributed by atoms with E-state index in [0.29, 0.717) is 6.07 Å². The lowest BCUT2D eigenvalue weighted by Crippen LogP contribution is -2.15. The second-order valence-corrected chi connectivity index (χ2v) is 5.53. The van der Waals surface area contributed by atoms with Gasteiger partial charge in [0.1, 0.15) is 6.61 Å². The van der Waals surface area contributed by atoms with Crippen LogP contribution in [0.4, 0.5) is 23.7 Å². The monoisotopic (exact) mass is 398 g/mol. The summed E-state index contributed by atoms with van der Waals surface area (Å²) in [6.45, 7) is -0.0211. The Hall–Kier alpha value is -2.53. The fourth-order valence-corrected chi connectivity index (χ4v) is 2.31. The third-order valence-electron chi connectivity index (χ3n) is 2.98. The quantitative estimate of drug-likeness (QED) is 0.783. The number of carbonyl (C=O) groups is 1. The number of hydrogen-bond acceptors (Lipinski definition) is 3. The summed E-state index contributed by atoms with van der Waals surface area (Å²) < 4.78 is 43.9. The molecule has 0 spiro atoms. The van der Waals surface area contributed by atoms with Crippen LogP contribution in [-0.2, 0) is 17.5 Å². The third-order valence-corrected chi connectivity index (χ3v) is 3.64. The predicted molar refractivity (Wildman–Crippen MR) is 84.1 cm³/mol. The maximum atomic E-state index is 12.9. The molecular weight excluding hydrogens is 389 g/mol. The number of carbonyl (C=O) groups excluding carboxylic acids is 1. The summed E-state index contributed by atoms with van der Waals surface area (Å²) in [5, 5.41) is 11.0. The molecule has 0 aliphatic rings. The average molecular weight is 399 g/mol. The highest BCUT2D eigenvalue weighted by molar-refractivity contribution is 9.10. The molecule has 0 heterocycles. The molecule has 0 aliphatic carbocycles. The SMILES string of the molecule is N#Cc1cc(Br)c(NC(=O)OCc2ccccc2)cc1C(F)(F)F. The predicted octanol–water partition coefficient (Wildman–Crippen LogP) is 5.09. The van der Waals surface area contributed by atoms with Crippen molar-refractivity contribution >= 4 is 27.7 Å². The largest absolute Gasteiger partial charge is 0.444 e. The minimum atomic E-state index is -4.71. The number of ether oxygens (including phenoxy) is 1. The number of hydrogen-bond donors (Lipinski definition) is 1. The van der Waals surface area contributed by atoms with Crippen LogP contribution in [0.5, 0.6) is 0 Å². The minimum absolute atomic E-state index is 0.0211. The highest BCUT2D eigenvalue weighted by Crippen LogP contribution is 2.36. The Labute approximate surface area is 144 Å². The number of alkyl halides is 3. The molecule has 0 aromatic heterocycles. The second-order valence-electron chi connectivity index (χ2n) is 4.67. The number of nitriles is 1. The van der Waals surface area contributed by atoms with Gasteiger partial charge >= 0.3 is 12.3 Å². The van der Waals surface area contributed by atoms with Gasteiger partial charge in [0.15, 0.2) is 0 Å². The van der Waals surface area contributed by atoms with Crippen molar-refractivity contribution in [1.29, 1.82) is 5.26 Å². The standard InChI is InChI=1S/C16H10BrF3N2O2/c17-13-6-11(8-21)12(16(18,19)20)7-14(13)22-15(23)24-9-10-4-2-1-3-5-10/h1-7H,9H2,(H,22,23). The molecule has 24 heavy (non-hydrogen) atoms. The number of benzene rings is 2. The maximum absolute atomic E-state index is 12.9. The van der Waals surface area contributed by atoms with Crippen LogP contribution in [-0.4, -0.2) is 6.09 Å². The van der Waals surface area contributed by atoms with E-state index in [9.17, 15) is 18.0 Å². The summed E-state index contributed by atoms with van der Waals surface area (Å²) in [7, 11) is 0. The Balaban J connectivity index is 2.14. The fourth-order valence-electron chi connectivity index (χ4n) is 1.87. The number of nitrogens with zero attached hydrogens (tertiary/aromatic N) is 1. The molecule has 124 valence electrons. The zero-order chi connectivity index (χ0) is 17.7. The van der Waals surface area contributed by atoms with Gasteiger partial charge in [0.2, 0.25) is 0 Å². The molecule has 2 aromatic rings. The molecule has 0 aliphatic heterocycles. The lowest BCUT2D eigenvalue weighted by Gasteiger charge is -2.13. The number of anilines is 1. The van der Waals surface area contributed by atoms with Crippen molar-refractivity contribution in [2.75, 3.05) is 5.32 Å². The van der Waals surface area contributed by atoms with Gasteiger partial charge in [-0.3, -0.25) is 5.32 Å². The normalized spacial score (nSPS) is 10.8. The first-order chi connectivity index (χ1) is 11.3. The van der Waals surface area contributed by atoms with Crippen molar-refractivity contribution in [3.05, 3.63) is 63.6 Å². The number of amides is 1. The van der Waals surface area contributed by atoms with Gasteiger partial charge in [0, 0.05) is 4.47 Å². The zero-order valence-corrected chi connectivity index (χ0v) is 13.6. The molecule has 1 N–H and O–H groups in total. The highest BCUT2D eigenvalue weighted by atomic mass is 79.9. The molecule has 0 saturated heterocycles. The first-order valence-corrected chi connectivity index (χ1v) is 7.39. The van der Waals surface area contributed by atoms with E-state index in [4.69, 9.17) is 10.00 Å². The van der Waals surface area contributed by atoms with Crippen molar-refractivity contribution in [1.82, 2.24) is 0 Å². The minimum Gasteiger partial charge on any atom is -0.444 e. The molecule has 0 radical (unpaired) electrons. The summed E-state index contributed by atoms with van der Waals surface area (Å²) in [5.41, 5.74) is -1.08. The Morgan fingerprint density at radius 1 is 1.25 bits per heavy atom. The van der Waals surface area contributed by atoms with Gasteiger partial charge in [-0.05, 0) is 33.6 Å². The van der Waals surface area contributed by atoms with Crippen molar-refractivity contribution < 1.29 is 22.7 Å².